The number of hydrogen-bond donors (Lipinski definition) is 1. The first-order chi connectivity index (χ1) is 7.00. The predicted octanol–water partition coefficient (Wildman–Crippen LogP) is 2.39. The van der Waals surface area contributed by atoms with Gasteiger partial charge in [0.2, 0.25) is 0 Å². The molecule has 1 amide bonds. The van der Waals surface area contributed by atoms with Crippen LogP contribution in [0.5, 0.6) is 5.75 Å². The lowest BCUT2D eigenvalue weighted by molar-refractivity contribution is 0.0997. The zero-order chi connectivity index (χ0) is 11.4. The van der Waals surface area contributed by atoms with Gasteiger partial charge >= 0.3 is 0 Å². The summed E-state index contributed by atoms with van der Waals surface area (Å²) in [5.41, 5.74) is 6.33. The van der Waals surface area contributed by atoms with Crippen LogP contribution in [0.1, 0.15) is 17.3 Å². The standard InChI is InChI=1S/C11H12ClNO2/c1-7(2)6-15-10-4-3-8(12)5-9(10)11(13)14/h3-5H,1,6H2,2H3,(H2,13,14). The molecule has 0 aliphatic heterocycles. The highest BCUT2D eigenvalue weighted by Crippen LogP contribution is 2.22. The molecule has 0 radical (unpaired) electrons. The van der Waals surface area contributed by atoms with Crippen LogP contribution in [0.3, 0.4) is 0 Å². The van der Waals surface area contributed by atoms with Crippen LogP contribution < -0.4 is 10.5 Å². The van der Waals surface area contributed by atoms with E-state index < -0.39 is 5.91 Å². The lowest BCUT2D eigenvalue weighted by Crippen LogP contribution is -2.13. The van der Waals surface area contributed by atoms with E-state index in [4.69, 9.17) is 22.1 Å². The zero-order valence-electron chi connectivity index (χ0n) is 8.42. The number of rotatable bonds is 4. The molecule has 0 aliphatic carbocycles. The van der Waals surface area contributed by atoms with Gasteiger partial charge in [-0.3, -0.25) is 4.79 Å². The minimum atomic E-state index is -0.561. The van der Waals surface area contributed by atoms with Gasteiger partial charge in [-0.25, -0.2) is 0 Å². The summed E-state index contributed by atoms with van der Waals surface area (Å²) < 4.78 is 5.36. The lowest BCUT2D eigenvalue weighted by Gasteiger charge is -2.09. The van der Waals surface area contributed by atoms with Gasteiger partial charge in [0.15, 0.2) is 0 Å². The van der Waals surface area contributed by atoms with E-state index in [2.05, 4.69) is 6.58 Å². The fourth-order valence-electron chi connectivity index (χ4n) is 1.02. The summed E-state index contributed by atoms with van der Waals surface area (Å²) in [5.74, 6) is -0.135. The Bertz CT molecular complexity index is 402. The number of carbonyl (C=O) groups excluding carboxylic acids is 1. The Labute approximate surface area is 93.5 Å². The third-order valence-corrected chi connectivity index (χ3v) is 1.92. The van der Waals surface area contributed by atoms with Gasteiger partial charge in [-0.05, 0) is 30.7 Å². The average molecular weight is 226 g/mol. The van der Waals surface area contributed by atoms with Gasteiger partial charge in [-0.1, -0.05) is 18.2 Å². The smallest absolute Gasteiger partial charge is 0.252 e. The Morgan fingerprint density at radius 2 is 2.27 bits per heavy atom. The molecule has 80 valence electrons. The molecular weight excluding hydrogens is 214 g/mol. The van der Waals surface area contributed by atoms with Crippen molar-refractivity contribution in [2.24, 2.45) is 5.73 Å². The van der Waals surface area contributed by atoms with Gasteiger partial charge in [0, 0.05) is 5.02 Å². The average Bonchev–Trinajstić information content (AvgIpc) is 2.15. The number of nitrogens with two attached hydrogens (primary N) is 1. The number of carbonyl (C=O) groups is 1. The molecular formula is C11H12ClNO2. The van der Waals surface area contributed by atoms with Crippen molar-refractivity contribution in [2.75, 3.05) is 6.61 Å². The van der Waals surface area contributed by atoms with Crippen LogP contribution in [0, 0.1) is 0 Å². The number of ether oxygens (including phenoxy) is 1. The van der Waals surface area contributed by atoms with Gasteiger partial charge in [-0.15, -0.1) is 0 Å². The van der Waals surface area contributed by atoms with E-state index in [1.54, 1.807) is 12.1 Å². The molecule has 0 aliphatic rings. The molecule has 1 aromatic rings. The Morgan fingerprint density at radius 1 is 1.60 bits per heavy atom. The first-order valence-corrected chi connectivity index (χ1v) is 4.75. The summed E-state index contributed by atoms with van der Waals surface area (Å²) >= 11 is 5.74. The normalized spacial score (nSPS) is 9.73. The van der Waals surface area contributed by atoms with Crippen molar-refractivity contribution < 1.29 is 9.53 Å². The second-order valence-corrected chi connectivity index (χ2v) is 3.69. The third-order valence-electron chi connectivity index (χ3n) is 1.68. The minimum absolute atomic E-state index is 0.281. The van der Waals surface area contributed by atoms with E-state index >= 15 is 0 Å². The summed E-state index contributed by atoms with van der Waals surface area (Å²) in [6.45, 7) is 5.88. The maximum absolute atomic E-state index is 11.1. The van der Waals surface area contributed by atoms with Crippen molar-refractivity contribution in [1.82, 2.24) is 0 Å². The molecule has 0 bridgehead atoms. The van der Waals surface area contributed by atoms with Gasteiger partial charge in [-0.2, -0.15) is 0 Å². The predicted molar refractivity (Wildman–Crippen MR) is 60.3 cm³/mol. The molecule has 3 nitrogen and oxygen atoms in total. The molecule has 2 N–H and O–H groups in total. The molecule has 0 spiro atoms. The number of halogens is 1. The number of amides is 1. The van der Waals surface area contributed by atoms with E-state index in [0.717, 1.165) is 5.57 Å². The zero-order valence-corrected chi connectivity index (χ0v) is 9.17. The first kappa shape index (κ1) is 11.6. The number of primary amides is 1. The molecule has 0 saturated carbocycles. The quantitative estimate of drug-likeness (QED) is 0.800. The highest BCUT2D eigenvalue weighted by atomic mass is 35.5. The third kappa shape index (κ3) is 3.29. The second-order valence-electron chi connectivity index (χ2n) is 3.25. The van der Waals surface area contributed by atoms with E-state index in [-0.39, 0.29) is 5.56 Å². The molecule has 0 fully saturated rings. The molecule has 0 aromatic heterocycles. The Balaban J connectivity index is 2.95. The molecule has 0 saturated heterocycles. The monoisotopic (exact) mass is 225 g/mol. The van der Waals surface area contributed by atoms with Crippen LogP contribution in [0.4, 0.5) is 0 Å². The van der Waals surface area contributed by atoms with Crippen LogP contribution in [0.2, 0.25) is 5.02 Å². The molecule has 0 unspecified atom stereocenters. The summed E-state index contributed by atoms with van der Waals surface area (Å²) in [4.78, 5) is 11.1. The Kier molecular flexibility index (Phi) is 3.74. The van der Waals surface area contributed by atoms with Crippen molar-refractivity contribution in [3.05, 3.63) is 40.9 Å². The Hall–Kier alpha value is -1.48. The molecule has 0 heterocycles. The van der Waals surface area contributed by atoms with Gasteiger partial charge in [0.25, 0.3) is 5.91 Å². The van der Waals surface area contributed by atoms with Crippen LogP contribution in [-0.2, 0) is 0 Å². The van der Waals surface area contributed by atoms with Gasteiger partial charge in [0.1, 0.15) is 12.4 Å². The molecule has 1 rings (SSSR count). The largest absolute Gasteiger partial charge is 0.488 e. The minimum Gasteiger partial charge on any atom is -0.488 e. The number of hydrogen-bond acceptors (Lipinski definition) is 2. The van der Waals surface area contributed by atoms with Gasteiger partial charge < -0.3 is 10.5 Å². The summed E-state index contributed by atoms with van der Waals surface area (Å²) in [6, 6.07) is 4.74. The van der Waals surface area contributed by atoms with Crippen LogP contribution >= 0.6 is 11.6 Å². The van der Waals surface area contributed by atoms with Crippen LogP contribution in [0.15, 0.2) is 30.4 Å². The van der Waals surface area contributed by atoms with Gasteiger partial charge in [0.05, 0.1) is 5.56 Å². The summed E-state index contributed by atoms with van der Waals surface area (Å²) in [6.07, 6.45) is 0. The molecule has 0 atom stereocenters. The topological polar surface area (TPSA) is 52.3 Å². The van der Waals surface area contributed by atoms with Crippen LogP contribution in [0.25, 0.3) is 0 Å². The fourth-order valence-corrected chi connectivity index (χ4v) is 1.19. The van der Waals surface area contributed by atoms with Crippen molar-refractivity contribution >= 4 is 17.5 Å². The number of benzene rings is 1. The van der Waals surface area contributed by atoms with E-state index in [0.29, 0.717) is 17.4 Å². The SMILES string of the molecule is C=C(C)COc1ccc(Cl)cc1C(N)=O. The Morgan fingerprint density at radius 3 is 2.80 bits per heavy atom. The first-order valence-electron chi connectivity index (χ1n) is 4.37. The van der Waals surface area contributed by atoms with E-state index in [1.165, 1.54) is 6.07 Å². The van der Waals surface area contributed by atoms with Crippen molar-refractivity contribution in [3.63, 3.8) is 0 Å². The van der Waals surface area contributed by atoms with Crippen molar-refractivity contribution in [2.45, 2.75) is 6.92 Å². The molecule has 4 heteroatoms. The summed E-state index contributed by atoms with van der Waals surface area (Å²) in [7, 11) is 0. The maximum atomic E-state index is 11.1. The fraction of sp³-hybridized carbons (Fsp3) is 0.182. The molecule has 15 heavy (non-hydrogen) atoms. The lowest BCUT2D eigenvalue weighted by atomic mass is 10.2. The summed E-state index contributed by atoms with van der Waals surface area (Å²) in [5, 5.41) is 0.450. The highest BCUT2D eigenvalue weighted by molar-refractivity contribution is 6.31. The van der Waals surface area contributed by atoms with Crippen molar-refractivity contribution in [3.8, 4) is 5.75 Å². The maximum Gasteiger partial charge on any atom is 0.252 e. The van der Waals surface area contributed by atoms with Crippen molar-refractivity contribution in [1.29, 1.82) is 0 Å². The van der Waals surface area contributed by atoms with E-state index in [1.807, 2.05) is 6.92 Å². The van der Waals surface area contributed by atoms with E-state index in [9.17, 15) is 4.79 Å². The second kappa shape index (κ2) is 4.84. The van der Waals surface area contributed by atoms with Crippen LogP contribution in [-0.4, -0.2) is 12.5 Å². The highest BCUT2D eigenvalue weighted by Gasteiger charge is 2.09. The molecule has 1 aromatic carbocycles.